The third-order valence-corrected chi connectivity index (χ3v) is 3.91. The van der Waals surface area contributed by atoms with Crippen molar-refractivity contribution in [1.82, 2.24) is 9.97 Å². The van der Waals surface area contributed by atoms with Crippen molar-refractivity contribution in [1.29, 1.82) is 0 Å². The molecule has 1 aliphatic carbocycles. The Bertz CT molecular complexity index is 606. The Morgan fingerprint density at radius 2 is 1.89 bits per heavy atom. The molecule has 1 unspecified atom stereocenters. The highest BCUT2D eigenvalue weighted by Crippen LogP contribution is 2.38. The van der Waals surface area contributed by atoms with Gasteiger partial charge in [0.1, 0.15) is 0 Å². The standard InChI is InChI=1S/C15H20N4/c1-15(2)8-7-10(9-15)17-14-13(16)18-11-5-3-4-6-12(11)19-14/h3-6,10H,7-9H2,1-2H3,(H2,16,18)(H,17,19). The van der Waals surface area contributed by atoms with Crippen molar-refractivity contribution < 1.29 is 0 Å². The van der Waals surface area contributed by atoms with Gasteiger partial charge in [-0.15, -0.1) is 0 Å². The smallest absolute Gasteiger partial charge is 0.169 e. The number of hydrogen-bond donors (Lipinski definition) is 2. The van der Waals surface area contributed by atoms with E-state index in [2.05, 4.69) is 29.1 Å². The molecule has 1 aromatic carbocycles. The highest BCUT2D eigenvalue weighted by atomic mass is 15.1. The molecule has 0 spiro atoms. The number of anilines is 2. The third kappa shape index (κ3) is 2.48. The van der Waals surface area contributed by atoms with E-state index in [1.54, 1.807) is 0 Å². The third-order valence-electron chi connectivity index (χ3n) is 3.91. The highest BCUT2D eigenvalue weighted by Gasteiger charge is 2.31. The maximum absolute atomic E-state index is 6.00. The van der Waals surface area contributed by atoms with E-state index in [0.717, 1.165) is 23.3 Å². The average Bonchev–Trinajstić information content (AvgIpc) is 2.70. The summed E-state index contributed by atoms with van der Waals surface area (Å²) in [6.45, 7) is 4.62. The molecule has 3 rings (SSSR count). The van der Waals surface area contributed by atoms with Crippen LogP contribution in [0.2, 0.25) is 0 Å². The number of nitrogen functional groups attached to an aromatic ring is 1. The van der Waals surface area contributed by atoms with Crippen molar-refractivity contribution in [3.63, 3.8) is 0 Å². The van der Waals surface area contributed by atoms with E-state index < -0.39 is 0 Å². The maximum atomic E-state index is 6.00. The van der Waals surface area contributed by atoms with Crippen LogP contribution in [0, 0.1) is 5.41 Å². The predicted molar refractivity (Wildman–Crippen MR) is 79.0 cm³/mol. The second-order valence-electron chi connectivity index (χ2n) is 6.19. The van der Waals surface area contributed by atoms with Crippen LogP contribution in [0.5, 0.6) is 0 Å². The molecule has 0 aliphatic heterocycles. The minimum absolute atomic E-state index is 0.413. The fraction of sp³-hybridized carbons (Fsp3) is 0.467. The Morgan fingerprint density at radius 1 is 1.21 bits per heavy atom. The number of nitrogens with two attached hydrogens (primary N) is 1. The number of nitrogens with zero attached hydrogens (tertiary/aromatic N) is 2. The Balaban J connectivity index is 1.87. The molecular weight excluding hydrogens is 236 g/mol. The summed E-state index contributed by atoms with van der Waals surface area (Å²) < 4.78 is 0. The number of benzene rings is 1. The van der Waals surface area contributed by atoms with E-state index in [1.165, 1.54) is 12.8 Å². The number of para-hydroxylation sites is 2. The molecule has 19 heavy (non-hydrogen) atoms. The van der Waals surface area contributed by atoms with Gasteiger partial charge in [0.25, 0.3) is 0 Å². The van der Waals surface area contributed by atoms with Crippen LogP contribution < -0.4 is 11.1 Å². The van der Waals surface area contributed by atoms with Gasteiger partial charge in [-0.2, -0.15) is 0 Å². The van der Waals surface area contributed by atoms with Crippen molar-refractivity contribution in [3.05, 3.63) is 24.3 Å². The molecule has 1 fully saturated rings. The molecule has 4 heteroatoms. The highest BCUT2D eigenvalue weighted by molar-refractivity contribution is 5.79. The van der Waals surface area contributed by atoms with Gasteiger partial charge in [0.15, 0.2) is 11.6 Å². The van der Waals surface area contributed by atoms with Gasteiger partial charge in [-0.25, -0.2) is 9.97 Å². The lowest BCUT2D eigenvalue weighted by Gasteiger charge is -2.18. The monoisotopic (exact) mass is 256 g/mol. The zero-order chi connectivity index (χ0) is 13.5. The SMILES string of the molecule is CC1(C)CCC(Nc2nc3ccccc3nc2N)C1. The van der Waals surface area contributed by atoms with Gasteiger partial charge in [0.2, 0.25) is 0 Å². The summed E-state index contributed by atoms with van der Waals surface area (Å²) in [5, 5.41) is 3.46. The summed E-state index contributed by atoms with van der Waals surface area (Å²) in [5.74, 6) is 1.21. The first-order chi connectivity index (χ1) is 9.03. The van der Waals surface area contributed by atoms with E-state index in [0.29, 0.717) is 17.3 Å². The van der Waals surface area contributed by atoms with Crippen LogP contribution in [-0.4, -0.2) is 16.0 Å². The average molecular weight is 256 g/mol. The van der Waals surface area contributed by atoms with E-state index in [1.807, 2.05) is 24.3 Å². The van der Waals surface area contributed by atoms with Crippen LogP contribution in [0.3, 0.4) is 0 Å². The van der Waals surface area contributed by atoms with Crippen LogP contribution in [0.4, 0.5) is 11.6 Å². The number of hydrogen-bond acceptors (Lipinski definition) is 4. The summed E-state index contributed by atoms with van der Waals surface area (Å²) in [4.78, 5) is 8.99. The first-order valence-corrected chi connectivity index (χ1v) is 6.82. The zero-order valence-corrected chi connectivity index (χ0v) is 11.5. The molecule has 1 aromatic heterocycles. The molecule has 1 heterocycles. The van der Waals surface area contributed by atoms with E-state index in [4.69, 9.17) is 5.73 Å². The molecular formula is C15H20N4. The molecule has 1 atom stereocenters. The molecule has 0 amide bonds. The minimum atomic E-state index is 0.413. The van der Waals surface area contributed by atoms with Crippen LogP contribution in [-0.2, 0) is 0 Å². The van der Waals surface area contributed by atoms with Crippen molar-refractivity contribution in [2.24, 2.45) is 5.41 Å². The normalized spacial score (nSPS) is 21.7. The Morgan fingerprint density at radius 3 is 2.53 bits per heavy atom. The van der Waals surface area contributed by atoms with Crippen molar-refractivity contribution >= 4 is 22.7 Å². The Hall–Kier alpha value is -1.84. The first kappa shape index (κ1) is 12.2. The molecule has 0 radical (unpaired) electrons. The van der Waals surface area contributed by atoms with E-state index >= 15 is 0 Å². The minimum Gasteiger partial charge on any atom is -0.381 e. The van der Waals surface area contributed by atoms with E-state index in [9.17, 15) is 0 Å². The van der Waals surface area contributed by atoms with Crippen molar-refractivity contribution in [2.45, 2.75) is 39.2 Å². The van der Waals surface area contributed by atoms with Gasteiger partial charge in [0.05, 0.1) is 11.0 Å². The lowest BCUT2D eigenvalue weighted by molar-refractivity contribution is 0.378. The molecule has 2 aromatic rings. The van der Waals surface area contributed by atoms with Gasteiger partial charge in [-0.3, -0.25) is 0 Å². The molecule has 4 nitrogen and oxygen atoms in total. The van der Waals surface area contributed by atoms with E-state index in [-0.39, 0.29) is 0 Å². The molecule has 0 bridgehead atoms. The lowest BCUT2D eigenvalue weighted by Crippen LogP contribution is -2.19. The number of aromatic nitrogens is 2. The van der Waals surface area contributed by atoms with Gasteiger partial charge in [0, 0.05) is 6.04 Å². The van der Waals surface area contributed by atoms with Crippen molar-refractivity contribution in [3.8, 4) is 0 Å². The maximum Gasteiger partial charge on any atom is 0.169 e. The van der Waals surface area contributed by atoms with Crippen LogP contribution in [0.15, 0.2) is 24.3 Å². The van der Waals surface area contributed by atoms with Gasteiger partial charge >= 0.3 is 0 Å². The fourth-order valence-corrected chi connectivity index (χ4v) is 2.87. The van der Waals surface area contributed by atoms with Gasteiger partial charge < -0.3 is 11.1 Å². The van der Waals surface area contributed by atoms with Gasteiger partial charge in [-0.05, 0) is 36.8 Å². The van der Waals surface area contributed by atoms with Gasteiger partial charge in [-0.1, -0.05) is 26.0 Å². The molecule has 100 valence electrons. The Labute approximate surface area is 113 Å². The lowest BCUT2D eigenvalue weighted by atomic mass is 9.92. The largest absolute Gasteiger partial charge is 0.381 e. The second kappa shape index (κ2) is 4.37. The summed E-state index contributed by atoms with van der Waals surface area (Å²) in [7, 11) is 0. The fourth-order valence-electron chi connectivity index (χ4n) is 2.87. The summed E-state index contributed by atoms with van der Waals surface area (Å²) >= 11 is 0. The molecule has 1 saturated carbocycles. The van der Waals surface area contributed by atoms with Crippen LogP contribution >= 0.6 is 0 Å². The molecule has 0 saturated heterocycles. The zero-order valence-electron chi connectivity index (χ0n) is 11.5. The first-order valence-electron chi connectivity index (χ1n) is 6.82. The van der Waals surface area contributed by atoms with Crippen LogP contribution in [0.25, 0.3) is 11.0 Å². The summed E-state index contributed by atoms with van der Waals surface area (Å²) in [6.07, 6.45) is 3.56. The number of fused-ring (bicyclic) bond motifs is 1. The summed E-state index contributed by atoms with van der Waals surface area (Å²) in [6, 6.07) is 8.26. The molecule has 1 aliphatic rings. The summed E-state index contributed by atoms with van der Waals surface area (Å²) in [5.41, 5.74) is 8.14. The number of nitrogens with one attached hydrogen (secondary N) is 1. The number of rotatable bonds is 2. The topological polar surface area (TPSA) is 63.8 Å². The van der Waals surface area contributed by atoms with Crippen molar-refractivity contribution in [2.75, 3.05) is 11.1 Å². The predicted octanol–water partition coefficient (Wildman–Crippen LogP) is 3.20. The Kier molecular flexibility index (Phi) is 2.81. The molecule has 3 N–H and O–H groups in total. The van der Waals surface area contributed by atoms with Crippen LogP contribution in [0.1, 0.15) is 33.1 Å². The quantitative estimate of drug-likeness (QED) is 0.866. The second-order valence-corrected chi connectivity index (χ2v) is 6.19.